The van der Waals surface area contributed by atoms with Crippen molar-refractivity contribution in [2.45, 2.75) is 25.3 Å². The molecule has 15 heavy (non-hydrogen) atoms. The normalized spacial score (nSPS) is 17.7. The summed E-state index contributed by atoms with van der Waals surface area (Å²) in [6.45, 7) is 3.49. The summed E-state index contributed by atoms with van der Waals surface area (Å²) in [6.07, 6.45) is 3.41. The van der Waals surface area contributed by atoms with E-state index in [1.54, 1.807) is 0 Å². The molecule has 1 atom stereocenters. The highest BCUT2D eigenvalue weighted by Crippen LogP contribution is 2.28. The maximum Gasteiger partial charge on any atom is 0.0940 e. The summed E-state index contributed by atoms with van der Waals surface area (Å²) < 4.78 is 5.52. The fourth-order valence-corrected chi connectivity index (χ4v) is 1.29. The number of rotatable bonds is 8. The van der Waals surface area contributed by atoms with Crippen molar-refractivity contribution < 1.29 is 4.74 Å². The smallest absolute Gasteiger partial charge is 0.0940 e. The minimum atomic E-state index is -0.333. The fourth-order valence-electron chi connectivity index (χ4n) is 1.29. The highest BCUT2D eigenvalue weighted by molar-refractivity contribution is 4.86. The van der Waals surface area contributed by atoms with Crippen LogP contribution in [-0.4, -0.2) is 44.3 Å². The molecule has 0 aromatic heterocycles. The van der Waals surface area contributed by atoms with E-state index in [1.807, 2.05) is 13.1 Å². The molecule has 0 bridgehead atoms. The molecule has 4 nitrogen and oxygen atoms in total. The zero-order valence-corrected chi connectivity index (χ0v) is 9.48. The van der Waals surface area contributed by atoms with Gasteiger partial charge in [-0.1, -0.05) is 0 Å². The Morgan fingerprint density at radius 3 is 2.87 bits per heavy atom. The first-order valence-corrected chi connectivity index (χ1v) is 5.64. The largest absolute Gasteiger partial charge is 0.380 e. The number of nitriles is 1. The summed E-state index contributed by atoms with van der Waals surface area (Å²) in [6, 6.07) is 1.70. The minimum absolute atomic E-state index is 0.333. The molecule has 0 aromatic carbocycles. The van der Waals surface area contributed by atoms with E-state index < -0.39 is 0 Å². The minimum Gasteiger partial charge on any atom is -0.380 e. The van der Waals surface area contributed by atoms with E-state index in [-0.39, 0.29) is 6.04 Å². The van der Waals surface area contributed by atoms with E-state index in [4.69, 9.17) is 15.7 Å². The third-order valence-electron chi connectivity index (χ3n) is 2.66. The zero-order chi connectivity index (χ0) is 11.1. The third-order valence-corrected chi connectivity index (χ3v) is 2.66. The van der Waals surface area contributed by atoms with Gasteiger partial charge in [0.25, 0.3) is 0 Å². The van der Waals surface area contributed by atoms with E-state index >= 15 is 0 Å². The lowest BCUT2D eigenvalue weighted by molar-refractivity contribution is 0.103. The average molecular weight is 211 g/mol. The van der Waals surface area contributed by atoms with Crippen LogP contribution in [0.3, 0.4) is 0 Å². The lowest BCUT2D eigenvalue weighted by Gasteiger charge is -2.16. The van der Waals surface area contributed by atoms with Crippen molar-refractivity contribution >= 4 is 0 Å². The predicted octanol–water partition coefficient (Wildman–Crippen LogP) is 0.586. The van der Waals surface area contributed by atoms with Gasteiger partial charge in [-0.25, -0.2) is 0 Å². The van der Waals surface area contributed by atoms with E-state index in [0.29, 0.717) is 0 Å². The molecule has 0 amide bonds. The Balaban J connectivity index is 1.88. The van der Waals surface area contributed by atoms with Crippen molar-refractivity contribution in [3.63, 3.8) is 0 Å². The van der Waals surface area contributed by atoms with Crippen molar-refractivity contribution in [3.05, 3.63) is 0 Å². The van der Waals surface area contributed by atoms with Crippen LogP contribution >= 0.6 is 0 Å². The summed E-state index contributed by atoms with van der Waals surface area (Å²) >= 11 is 0. The van der Waals surface area contributed by atoms with Crippen LogP contribution in [0.5, 0.6) is 0 Å². The van der Waals surface area contributed by atoms with Crippen molar-refractivity contribution in [2.24, 2.45) is 11.7 Å². The molecule has 1 aliphatic rings. The number of hydrogen-bond acceptors (Lipinski definition) is 4. The van der Waals surface area contributed by atoms with Crippen LogP contribution in [-0.2, 0) is 4.74 Å². The molecule has 0 aromatic rings. The van der Waals surface area contributed by atoms with Gasteiger partial charge in [0, 0.05) is 19.7 Å². The number of hydrogen-bond donors (Lipinski definition) is 1. The molecule has 0 radical (unpaired) electrons. The Kier molecular flexibility index (Phi) is 5.62. The van der Waals surface area contributed by atoms with E-state index in [1.165, 1.54) is 12.8 Å². The molecule has 1 aliphatic carbocycles. The fraction of sp³-hybridized carbons (Fsp3) is 0.909. The van der Waals surface area contributed by atoms with Crippen LogP contribution in [0.2, 0.25) is 0 Å². The summed E-state index contributed by atoms with van der Waals surface area (Å²) in [7, 11) is 2.03. The molecule has 1 unspecified atom stereocenters. The molecular formula is C11H21N3O. The average Bonchev–Trinajstić information content (AvgIpc) is 3.04. The van der Waals surface area contributed by atoms with Gasteiger partial charge in [0.1, 0.15) is 0 Å². The topological polar surface area (TPSA) is 62.3 Å². The molecule has 1 rings (SSSR count). The predicted molar refractivity (Wildman–Crippen MR) is 59.2 cm³/mol. The van der Waals surface area contributed by atoms with Gasteiger partial charge >= 0.3 is 0 Å². The molecule has 1 saturated carbocycles. The number of nitrogens with zero attached hydrogens (tertiary/aromatic N) is 2. The molecule has 0 heterocycles. The van der Waals surface area contributed by atoms with Crippen molar-refractivity contribution in [2.75, 3.05) is 33.4 Å². The van der Waals surface area contributed by atoms with Crippen LogP contribution < -0.4 is 5.73 Å². The van der Waals surface area contributed by atoms with Gasteiger partial charge in [0.2, 0.25) is 0 Å². The maximum absolute atomic E-state index is 8.51. The molecule has 0 aliphatic heterocycles. The van der Waals surface area contributed by atoms with Crippen molar-refractivity contribution in [3.8, 4) is 6.07 Å². The second-order valence-electron chi connectivity index (χ2n) is 4.35. The van der Waals surface area contributed by atoms with Crippen LogP contribution in [0.15, 0.2) is 0 Å². The number of likely N-dealkylation sites (N-methyl/N-ethyl adjacent to an activating group) is 1. The Morgan fingerprint density at radius 2 is 2.27 bits per heavy atom. The van der Waals surface area contributed by atoms with Gasteiger partial charge in [0.05, 0.1) is 18.7 Å². The van der Waals surface area contributed by atoms with E-state index in [9.17, 15) is 0 Å². The van der Waals surface area contributed by atoms with Crippen LogP contribution in [0, 0.1) is 17.2 Å². The van der Waals surface area contributed by atoms with E-state index in [0.717, 1.165) is 38.6 Å². The molecule has 2 N–H and O–H groups in total. The lowest BCUT2D eigenvalue weighted by Crippen LogP contribution is -2.29. The van der Waals surface area contributed by atoms with E-state index in [2.05, 4.69) is 4.90 Å². The van der Waals surface area contributed by atoms with Gasteiger partial charge in [-0.05, 0) is 32.2 Å². The number of nitrogens with two attached hydrogens (primary N) is 1. The van der Waals surface area contributed by atoms with Crippen LogP contribution in [0.1, 0.15) is 19.3 Å². The first kappa shape index (κ1) is 12.4. The van der Waals surface area contributed by atoms with Gasteiger partial charge in [0.15, 0.2) is 0 Å². The monoisotopic (exact) mass is 211 g/mol. The first-order valence-electron chi connectivity index (χ1n) is 5.64. The van der Waals surface area contributed by atoms with Crippen molar-refractivity contribution in [1.29, 1.82) is 5.26 Å². The second kappa shape index (κ2) is 6.78. The van der Waals surface area contributed by atoms with Crippen LogP contribution in [0.4, 0.5) is 0 Å². The Morgan fingerprint density at radius 1 is 1.53 bits per heavy atom. The van der Waals surface area contributed by atoms with Gasteiger partial charge in [-0.2, -0.15) is 5.26 Å². The molecule has 0 saturated heterocycles. The summed E-state index contributed by atoms with van der Waals surface area (Å²) in [5.41, 5.74) is 5.51. The maximum atomic E-state index is 8.51. The lowest BCUT2D eigenvalue weighted by atomic mass is 10.2. The highest BCUT2D eigenvalue weighted by atomic mass is 16.5. The Labute approximate surface area is 92.0 Å². The molecular weight excluding hydrogens is 190 g/mol. The second-order valence-corrected chi connectivity index (χ2v) is 4.35. The van der Waals surface area contributed by atoms with Gasteiger partial charge < -0.3 is 15.4 Å². The standard InChI is InChI=1S/C11H21N3O/c1-14(5-4-11(13)8-12)6-7-15-9-10-2-3-10/h10-11H,2-7,9,13H2,1H3. The van der Waals surface area contributed by atoms with Crippen LogP contribution in [0.25, 0.3) is 0 Å². The highest BCUT2D eigenvalue weighted by Gasteiger charge is 2.20. The number of ether oxygens (including phenoxy) is 1. The molecule has 86 valence electrons. The SMILES string of the molecule is CN(CCOCC1CC1)CCC(N)C#N. The Bertz CT molecular complexity index is 210. The summed E-state index contributed by atoms with van der Waals surface area (Å²) in [5, 5.41) is 8.51. The summed E-state index contributed by atoms with van der Waals surface area (Å²) in [5.74, 6) is 0.835. The van der Waals surface area contributed by atoms with Gasteiger partial charge in [-0.15, -0.1) is 0 Å². The van der Waals surface area contributed by atoms with Gasteiger partial charge in [-0.3, -0.25) is 0 Å². The zero-order valence-electron chi connectivity index (χ0n) is 9.48. The molecule has 1 fully saturated rings. The third kappa shape index (κ3) is 6.45. The molecule has 0 spiro atoms. The van der Waals surface area contributed by atoms with Crippen molar-refractivity contribution in [1.82, 2.24) is 4.90 Å². The first-order chi connectivity index (χ1) is 7.22. The molecule has 4 heteroatoms. The Hall–Kier alpha value is -0.630. The quantitative estimate of drug-likeness (QED) is 0.597. The summed E-state index contributed by atoms with van der Waals surface area (Å²) in [4.78, 5) is 2.16.